The maximum atomic E-state index is 12.4. The Balaban J connectivity index is 1.54. The largest absolute Gasteiger partial charge is 0.497 e. The lowest BCUT2D eigenvalue weighted by molar-refractivity contribution is -0.907. The summed E-state index contributed by atoms with van der Waals surface area (Å²) in [6.45, 7) is 1.87. The molecule has 0 spiro atoms. The van der Waals surface area contributed by atoms with E-state index in [1.807, 2.05) is 48.5 Å². The van der Waals surface area contributed by atoms with Crippen molar-refractivity contribution in [3.05, 3.63) is 89.5 Å². The topological polar surface area (TPSA) is 42.8 Å². The van der Waals surface area contributed by atoms with Crippen LogP contribution in [-0.4, -0.2) is 26.3 Å². The van der Waals surface area contributed by atoms with Gasteiger partial charge in [0.1, 0.15) is 18.8 Å². The number of quaternary nitrogens is 1. The Morgan fingerprint density at radius 1 is 0.897 bits per heavy atom. The van der Waals surface area contributed by atoms with Crippen LogP contribution in [0.15, 0.2) is 77.7 Å². The number of thioether (sulfide) groups is 1. The van der Waals surface area contributed by atoms with Crippen molar-refractivity contribution in [2.45, 2.75) is 18.0 Å². The molecule has 0 aliphatic rings. The maximum absolute atomic E-state index is 12.4. The highest BCUT2D eigenvalue weighted by Gasteiger charge is 2.09. The van der Waals surface area contributed by atoms with E-state index in [-0.39, 0.29) is 5.91 Å². The number of hydrogen-bond donors (Lipinski definition) is 2. The van der Waals surface area contributed by atoms with Crippen LogP contribution >= 0.6 is 11.8 Å². The molecule has 0 aromatic heterocycles. The van der Waals surface area contributed by atoms with E-state index < -0.39 is 0 Å². The molecule has 0 saturated carbocycles. The molecule has 0 heterocycles. The van der Waals surface area contributed by atoms with Gasteiger partial charge in [-0.25, -0.2) is 0 Å². The Hall–Kier alpha value is -2.76. The van der Waals surface area contributed by atoms with Crippen LogP contribution in [0.1, 0.15) is 21.5 Å². The highest BCUT2D eigenvalue weighted by atomic mass is 32.2. The van der Waals surface area contributed by atoms with Gasteiger partial charge in [0.15, 0.2) is 0 Å². The molecule has 0 bridgehead atoms. The summed E-state index contributed by atoms with van der Waals surface area (Å²) >= 11 is 1.76. The molecule has 4 nitrogen and oxygen atoms in total. The Labute approximate surface area is 176 Å². The van der Waals surface area contributed by atoms with Crippen LogP contribution in [0.5, 0.6) is 5.75 Å². The fraction of sp³-hybridized carbons (Fsp3) is 0.208. The molecule has 1 amide bonds. The number of carbonyl (C=O) groups is 1. The van der Waals surface area contributed by atoms with Crippen molar-refractivity contribution in [2.24, 2.45) is 0 Å². The predicted molar refractivity (Wildman–Crippen MR) is 120 cm³/mol. The van der Waals surface area contributed by atoms with Crippen molar-refractivity contribution in [1.82, 2.24) is 0 Å². The first-order chi connectivity index (χ1) is 14.1. The zero-order valence-corrected chi connectivity index (χ0v) is 17.9. The first-order valence-corrected chi connectivity index (χ1v) is 10.8. The van der Waals surface area contributed by atoms with Crippen LogP contribution in [0.2, 0.25) is 0 Å². The van der Waals surface area contributed by atoms with E-state index in [0.29, 0.717) is 5.56 Å². The zero-order chi connectivity index (χ0) is 20.6. The third-order valence-electron chi connectivity index (χ3n) is 4.73. The minimum Gasteiger partial charge on any atom is -0.497 e. The van der Waals surface area contributed by atoms with E-state index in [9.17, 15) is 4.79 Å². The number of carbonyl (C=O) groups excluding carboxylic acids is 1. The number of nitrogens with one attached hydrogen (secondary N) is 2. The number of rotatable bonds is 8. The first-order valence-electron chi connectivity index (χ1n) is 9.56. The molecule has 0 aliphatic carbocycles. The number of ether oxygens (including phenoxy) is 1. The molecule has 0 fully saturated rings. The Morgan fingerprint density at radius 2 is 1.45 bits per heavy atom. The van der Waals surface area contributed by atoms with Gasteiger partial charge < -0.3 is 15.0 Å². The average molecular weight is 408 g/mol. The lowest BCUT2D eigenvalue weighted by Gasteiger charge is -2.15. The number of methoxy groups -OCH3 is 1. The van der Waals surface area contributed by atoms with Gasteiger partial charge in [-0.1, -0.05) is 24.3 Å². The molecule has 2 N–H and O–H groups in total. The number of amides is 1. The summed E-state index contributed by atoms with van der Waals surface area (Å²) in [4.78, 5) is 15.1. The lowest BCUT2D eigenvalue weighted by Crippen LogP contribution is -3.06. The van der Waals surface area contributed by atoms with Gasteiger partial charge in [0.2, 0.25) is 0 Å². The summed E-state index contributed by atoms with van der Waals surface area (Å²) < 4.78 is 5.14. The van der Waals surface area contributed by atoms with E-state index in [1.165, 1.54) is 20.9 Å². The van der Waals surface area contributed by atoms with Crippen molar-refractivity contribution in [3.63, 3.8) is 0 Å². The highest BCUT2D eigenvalue weighted by molar-refractivity contribution is 7.98. The van der Waals surface area contributed by atoms with Gasteiger partial charge >= 0.3 is 0 Å². The van der Waals surface area contributed by atoms with Crippen molar-refractivity contribution in [2.75, 3.05) is 25.7 Å². The molecular formula is C24H27N2O2S+. The molecule has 150 valence electrons. The summed E-state index contributed by atoms with van der Waals surface area (Å²) in [7, 11) is 3.81. The second kappa shape index (κ2) is 10.1. The molecule has 3 rings (SSSR count). The van der Waals surface area contributed by atoms with Gasteiger partial charge in [0.05, 0.1) is 14.2 Å². The van der Waals surface area contributed by atoms with Gasteiger partial charge in [-0.15, -0.1) is 11.8 Å². The third-order valence-corrected chi connectivity index (χ3v) is 5.48. The molecule has 5 heteroatoms. The zero-order valence-electron chi connectivity index (χ0n) is 17.1. The predicted octanol–water partition coefficient (Wildman–Crippen LogP) is 3.88. The molecule has 3 aromatic carbocycles. The smallest absolute Gasteiger partial charge is 0.255 e. The van der Waals surface area contributed by atoms with Crippen molar-refractivity contribution < 1.29 is 14.4 Å². The third kappa shape index (κ3) is 6.11. The summed E-state index contributed by atoms with van der Waals surface area (Å²) in [6, 6.07) is 23.9. The second-order valence-electron chi connectivity index (χ2n) is 7.04. The summed E-state index contributed by atoms with van der Waals surface area (Å²) in [6.07, 6.45) is 2.09. The van der Waals surface area contributed by atoms with E-state index >= 15 is 0 Å². The van der Waals surface area contributed by atoms with Crippen LogP contribution in [-0.2, 0) is 13.1 Å². The maximum Gasteiger partial charge on any atom is 0.255 e. The lowest BCUT2D eigenvalue weighted by atomic mass is 10.1. The fourth-order valence-corrected chi connectivity index (χ4v) is 3.56. The van der Waals surface area contributed by atoms with Gasteiger partial charge in [0, 0.05) is 27.3 Å². The minimum atomic E-state index is -0.115. The molecule has 29 heavy (non-hydrogen) atoms. The average Bonchev–Trinajstić information content (AvgIpc) is 2.75. The minimum absolute atomic E-state index is 0.115. The van der Waals surface area contributed by atoms with Gasteiger partial charge in [-0.05, 0) is 54.8 Å². The second-order valence-corrected chi connectivity index (χ2v) is 7.92. The summed E-state index contributed by atoms with van der Waals surface area (Å²) in [5.41, 5.74) is 3.94. The van der Waals surface area contributed by atoms with Crippen molar-refractivity contribution in [1.29, 1.82) is 0 Å². The normalized spacial score (nSPS) is 11.7. The molecule has 1 unspecified atom stereocenters. The molecule has 0 aliphatic heterocycles. The quantitative estimate of drug-likeness (QED) is 0.557. The standard InChI is InChI=1S/C24H26N2O2S/c1-26(17-19-6-14-23(29-3)15-7-19)16-18-4-8-20(9-5-18)24(27)25-21-10-12-22(28-2)13-11-21/h4-15H,16-17H2,1-3H3,(H,25,27)/p+1. The van der Waals surface area contributed by atoms with E-state index in [1.54, 1.807) is 18.9 Å². The number of benzene rings is 3. The Morgan fingerprint density at radius 3 is 1.97 bits per heavy atom. The van der Waals surface area contributed by atoms with Crippen LogP contribution in [0.4, 0.5) is 5.69 Å². The fourth-order valence-electron chi connectivity index (χ4n) is 3.15. The van der Waals surface area contributed by atoms with Crippen molar-refractivity contribution >= 4 is 23.4 Å². The molecule has 0 saturated heterocycles. The van der Waals surface area contributed by atoms with Gasteiger partial charge in [-0.2, -0.15) is 0 Å². The Kier molecular flexibility index (Phi) is 7.33. The van der Waals surface area contributed by atoms with Gasteiger partial charge in [0.25, 0.3) is 5.91 Å². The van der Waals surface area contributed by atoms with Crippen LogP contribution in [0, 0.1) is 0 Å². The molecule has 3 aromatic rings. The molecular weight excluding hydrogens is 380 g/mol. The monoisotopic (exact) mass is 407 g/mol. The SMILES string of the molecule is COc1ccc(NC(=O)c2ccc(C[NH+](C)Cc3ccc(SC)cc3)cc2)cc1. The molecule has 0 radical (unpaired) electrons. The summed E-state index contributed by atoms with van der Waals surface area (Å²) in [5, 5.41) is 2.91. The Bertz CT molecular complexity index is 923. The van der Waals surface area contributed by atoms with E-state index in [4.69, 9.17) is 4.74 Å². The van der Waals surface area contributed by atoms with Crippen molar-refractivity contribution in [3.8, 4) is 5.75 Å². The van der Waals surface area contributed by atoms with Crippen LogP contribution in [0.25, 0.3) is 0 Å². The van der Waals surface area contributed by atoms with Gasteiger partial charge in [-0.3, -0.25) is 4.79 Å². The number of hydrogen-bond acceptors (Lipinski definition) is 3. The van der Waals surface area contributed by atoms with E-state index in [0.717, 1.165) is 24.5 Å². The first kappa shape index (κ1) is 21.0. The highest BCUT2D eigenvalue weighted by Crippen LogP contribution is 2.16. The van der Waals surface area contributed by atoms with E-state index in [2.05, 4.69) is 42.9 Å². The molecule has 1 atom stereocenters. The summed E-state index contributed by atoms with van der Waals surface area (Å²) in [5.74, 6) is 0.649. The van der Waals surface area contributed by atoms with Crippen LogP contribution in [0.3, 0.4) is 0 Å². The number of anilines is 1. The van der Waals surface area contributed by atoms with Crippen LogP contribution < -0.4 is 15.0 Å².